The maximum Gasteiger partial charge on any atom is 0.253 e. The van der Waals surface area contributed by atoms with E-state index in [4.69, 9.17) is 4.74 Å². The first-order chi connectivity index (χ1) is 14.5. The minimum Gasteiger partial charge on any atom is -0.489 e. The topological polar surface area (TPSA) is 75.7 Å². The zero-order chi connectivity index (χ0) is 21.4. The molecule has 0 bridgehead atoms. The summed E-state index contributed by atoms with van der Waals surface area (Å²) in [7, 11) is -3.75. The molecule has 6 nitrogen and oxygen atoms in total. The van der Waals surface area contributed by atoms with Gasteiger partial charge in [-0.1, -0.05) is 42.5 Å². The van der Waals surface area contributed by atoms with Crippen LogP contribution >= 0.6 is 11.3 Å². The van der Waals surface area contributed by atoms with Gasteiger partial charge >= 0.3 is 0 Å². The Labute approximate surface area is 180 Å². The molecule has 0 spiro atoms. The van der Waals surface area contributed by atoms with Crippen molar-refractivity contribution in [2.24, 2.45) is 0 Å². The van der Waals surface area contributed by atoms with Crippen LogP contribution in [0.1, 0.15) is 5.56 Å². The number of carbonyl (C=O) groups excluding carboxylic acids is 1. The summed E-state index contributed by atoms with van der Waals surface area (Å²) in [5.74, 6) is 0.236. The van der Waals surface area contributed by atoms with E-state index in [1.165, 1.54) is 12.1 Å². The summed E-state index contributed by atoms with van der Waals surface area (Å²) >= 11 is 1.11. The van der Waals surface area contributed by atoms with Crippen LogP contribution in [0.4, 0.5) is 5.69 Å². The molecule has 1 aromatic heterocycles. The molecule has 0 aliphatic heterocycles. The van der Waals surface area contributed by atoms with Gasteiger partial charge in [-0.25, -0.2) is 8.42 Å². The molecular formula is C22H22N2O4S2. The van der Waals surface area contributed by atoms with Crippen LogP contribution in [-0.2, 0) is 21.4 Å². The van der Waals surface area contributed by atoms with E-state index in [1.807, 2.05) is 30.3 Å². The number of sulfonamides is 1. The first kappa shape index (κ1) is 21.8. The molecule has 0 saturated heterocycles. The molecule has 8 heteroatoms. The zero-order valence-electron chi connectivity index (χ0n) is 16.2. The van der Waals surface area contributed by atoms with Crippen LogP contribution in [0.5, 0.6) is 5.75 Å². The number of carbonyl (C=O) groups is 1. The van der Waals surface area contributed by atoms with Crippen LogP contribution in [0.3, 0.4) is 0 Å². The quantitative estimate of drug-likeness (QED) is 0.479. The van der Waals surface area contributed by atoms with Crippen molar-refractivity contribution < 1.29 is 17.9 Å². The molecule has 1 heterocycles. The maximum absolute atomic E-state index is 12.7. The molecule has 30 heavy (non-hydrogen) atoms. The number of nitrogens with zero attached hydrogens (tertiary/aromatic N) is 1. The smallest absolute Gasteiger partial charge is 0.253 e. The average molecular weight is 443 g/mol. The lowest BCUT2D eigenvalue weighted by molar-refractivity contribution is -0.116. The summed E-state index contributed by atoms with van der Waals surface area (Å²) in [5.41, 5.74) is 1.61. The summed E-state index contributed by atoms with van der Waals surface area (Å²) in [6.07, 6.45) is 1.46. The molecule has 2 aromatic carbocycles. The van der Waals surface area contributed by atoms with Gasteiger partial charge in [0.25, 0.3) is 10.0 Å². The lowest BCUT2D eigenvalue weighted by Gasteiger charge is -2.19. The molecule has 0 aliphatic rings. The number of amides is 1. The second kappa shape index (κ2) is 10.2. The van der Waals surface area contributed by atoms with Crippen LogP contribution < -0.4 is 10.1 Å². The zero-order valence-corrected chi connectivity index (χ0v) is 17.9. The van der Waals surface area contributed by atoms with Crippen molar-refractivity contribution >= 4 is 33.0 Å². The second-order valence-corrected chi connectivity index (χ2v) is 9.48. The van der Waals surface area contributed by atoms with E-state index < -0.39 is 15.9 Å². The summed E-state index contributed by atoms with van der Waals surface area (Å²) in [6, 6.07) is 19.9. The lowest BCUT2D eigenvalue weighted by Crippen LogP contribution is -2.37. The van der Waals surface area contributed by atoms with Crippen LogP contribution in [0.25, 0.3) is 0 Å². The van der Waals surface area contributed by atoms with Crippen LogP contribution in [-0.4, -0.2) is 31.7 Å². The van der Waals surface area contributed by atoms with Crippen LogP contribution in [0.2, 0.25) is 0 Å². The van der Waals surface area contributed by atoms with Crippen molar-refractivity contribution in [3.8, 4) is 5.75 Å². The molecule has 3 rings (SSSR count). The number of nitrogens with one attached hydrogen (secondary N) is 1. The molecule has 0 unspecified atom stereocenters. The number of hydrogen-bond donors (Lipinski definition) is 1. The highest BCUT2D eigenvalue weighted by molar-refractivity contribution is 7.91. The Morgan fingerprint density at radius 2 is 1.80 bits per heavy atom. The average Bonchev–Trinajstić information content (AvgIpc) is 3.29. The summed E-state index contributed by atoms with van der Waals surface area (Å²) in [4.78, 5) is 12.4. The minimum absolute atomic E-state index is 0.0416. The monoisotopic (exact) mass is 442 g/mol. The third-order valence-corrected chi connectivity index (χ3v) is 7.31. The molecule has 1 amide bonds. The van der Waals surface area contributed by atoms with Gasteiger partial charge in [-0.3, -0.25) is 4.79 Å². The van der Waals surface area contributed by atoms with Crippen LogP contribution in [0.15, 0.2) is 89.0 Å². The van der Waals surface area contributed by atoms with Crippen molar-refractivity contribution in [1.29, 1.82) is 0 Å². The standard InChI is InChI=1S/C22H22N2O4S2/c1-2-14-24(30(26,27)22-9-6-15-29-22)16-21(25)23-19-10-12-20(13-11-19)28-17-18-7-4-3-5-8-18/h2-13,15H,1,14,16-17H2,(H,23,25). The predicted octanol–water partition coefficient (Wildman–Crippen LogP) is 4.14. The van der Waals surface area contributed by atoms with Crippen molar-refractivity contribution in [3.63, 3.8) is 0 Å². The molecule has 0 atom stereocenters. The molecule has 0 fully saturated rings. The number of thiophene rings is 1. The fourth-order valence-electron chi connectivity index (χ4n) is 2.67. The summed E-state index contributed by atoms with van der Waals surface area (Å²) in [6.45, 7) is 3.77. The van der Waals surface area contributed by atoms with Crippen molar-refractivity contribution in [2.45, 2.75) is 10.8 Å². The SMILES string of the molecule is C=CCN(CC(=O)Nc1ccc(OCc2ccccc2)cc1)S(=O)(=O)c1cccs1. The lowest BCUT2D eigenvalue weighted by atomic mass is 10.2. The van der Waals surface area contributed by atoms with Gasteiger partial charge in [-0.15, -0.1) is 17.9 Å². The molecule has 3 aromatic rings. The number of rotatable bonds is 10. The Morgan fingerprint density at radius 3 is 2.43 bits per heavy atom. The Hall–Kier alpha value is -2.94. The highest BCUT2D eigenvalue weighted by Gasteiger charge is 2.26. The third kappa shape index (κ3) is 5.79. The van der Waals surface area contributed by atoms with Gasteiger partial charge in [0.2, 0.25) is 5.91 Å². The Balaban J connectivity index is 1.58. The predicted molar refractivity (Wildman–Crippen MR) is 119 cm³/mol. The van der Waals surface area contributed by atoms with Gasteiger partial charge < -0.3 is 10.1 Å². The highest BCUT2D eigenvalue weighted by Crippen LogP contribution is 2.21. The summed E-state index contributed by atoms with van der Waals surface area (Å²) < 4.78 is 32.4. The van der Waals surface area contributed by atoms with Crippen molar-refractivity contribution in [3.05, 3.63) is 90.3 Å². The van der Waals surface area contributed by atoms with E-state index >= 15 is 0 Å². The first-order valence-electron chi connectivity index (χ1n) is 9.20. The largest absolute Gasteiger partial charge is 0.489 e. The number of anilines is 1. The Kier molecular flexibility index (Phi) is 7.40. The van der Waals surface area contributed by atoms with Gasteiger partial charge in [0.15, 0.2) is 0 Å². The third-order valence-electron chi connectivity index (χ3n) is 4.13. The van der Waals surface area contributed by atoms with Crippen molar-refractivity contribution in [1.82, 2.24) is 4.31 Å². The normalized spacial score (nSPS) is 11.2. The number of hydrogen-bond acceptors (Lipinski definition) is 5. The molecule has 156 valence electrons. The number of benzene rings is 2. The van der Waals surface area contributed by atoms with Crippen LogP contribution in [0, 0.1) is 0 Å². The molecule has 0 saturated carbocycles. The Bertz CT molecular complexity index is 1060. The van der Waals surface area contributed by atoms with E-state index in [-0.39, 0.29) is 17.3 Å². The molecule has 1 N–H and O–H groups in total. The number of ether oxygens (including phenoxy) is 1. The van der Waals surface area contributed by atoms with E-state index in [2.05, 4.69) is 11.9 Å². The fourth-order valence-corrected chi connectivity index (χ4v) is 5.18. The maximum atomic E-state index is 12.7. The van der Waals surface area contributed by atoms with Gasteiger partial charge in [0, 0.05) is 12.2 Å². The van der Waals surface area contributed by atoms with Gasteiger partial charge in [0.05, 0.1) is 6.54 Å². The molecule has 0 aliphatic carbocycles. The van der Waals surface area contributed by atoms with E-state index in [1.54, 1.807) is 35.7 Å². The molecule has 0 radical (unpaired) electrons. The first-order valence-corrected chi connectivity index (χ1v) is 11.5. The molecular weight excluding hydrogens is 420 g/mol. The van der Waals surface area contributed by atoms with E-state index in [0.717, 1.165) is 21.2 Å². The van der Waals surface area contributed by atoms with Crippen molar-refractivity contribution in [2.75, 3.05) is 18.4 Å². The minimum atomic E-state index is -3.75. The highest BCUT2D eigenvalue weighted by atomic mass is 32.2. The van der Waals surface area contributed by atoms with Gasteiger partial charge in [-0.05, 0) is 41.3 Å². The summed E-state index contributed by atoms with van der Waals surface area (Å²) in [5, 5.41) is 4.40. The second-order valence-electron chi connectivity index (χ2n) is 6.37. The van der Waals surface area contributed by atoms with Gasteiger partial charge in [-0.2, -0.15) is 4.31 Å². The van der Waals surface area contributed by atoms with E-state index in [0.29, 0.717) is 18.0 Å². The fraction of sp³-hybridized carbons (Fsp3) is 0.136. The Morgan fingerprint density at radius 1 is 1.07 bits per heavy atom. The van der Waals surface area contributed by atoms with Gasteiger partial charge in [0.1, 0.15) is 16.6 Å². The van der Waals surface area contributed by atoms with E-state index in [9.17, 15) is 13.2 Å².